The molecular weight excluding hydrogens is 114 g/mol. The molecule has 1 amide bonds. The van der Waals surface area contributed by atoms with Gasteiger partial charge in [0.25, 0.3) is 5.78 Å². The maximum atomic E-state index is 10.2. The summed E-state index contributed by atoms with van der Waals surface area (Å²) in [5.41, 5.74) is 1.72. The Kier molecular flexibility index (Phi) is 1.23. The summed E-state index contributed by atoms with van der Waals surface area (Å²) in [6.07, 6.45) is 0. The summed E-state index contributed by atoms with van der Waals surface area (Å²) >= 11 is 0. The molecule has 1 fully saturated rings. The van der Waals surface area contributed by atoms with E-state index in [4.69, 9.17) is 0 Å². The Morgan fingerprint density at radius 3 is 2.62 bits per heavy atom. The van der Waals surface area contributed by atoms with Gasteiger partial charge in [0.05, 0.1) is 0 Å². The fourth-order valence-electron chi connectivity index (χ4n) is 0.273. The molecule has 1 rings (SSSR count). The van der Waals surface area contributed by atoms with Crippen LogP contribution in [0.2, 0.25) is 0 Å². The van der Waals surface area contributed by atoms with Crippen LogP contribution in [0.1, 0.15) is 0 Å². The number of hydrogen-bond acceptors (Lipinski definition) is 4. The first-order valence-corrected chi connectivity index (χ1v) is 1.92. The summed E-state index contributed by atoms with van der Waals surface area (Å²) in [6, 6.07) is 0. The lowest BCUT2D eigenvalue weighted by molar-refractivity contribution is -0.331. The fourth-order valence-corrected chi connectivity index (χ4v) is 0.273. The van der Waals surface area contributed by atoms with Crippen molar-refractivity contribution in [2.75, 3.05) is 6.61 Å². The van der Waals surface area contributed by atoms with Crippen molar-refractivity contribution in [1.29, 1.82) is 0 Å². The standard InChI is InChI=1S/C3H3NO4/c5-2-1-7-8-4-3(2)6/h1H2,(H,4,6). The number of ketones is 1. The largest absolute Gasteiger partial charge is 0.315 e. The number of nitrogens with one attached hydrogen (secondary N) is 1. The van der Waals surface area contributed by atoms with Crippen molar-refractivity contribution in [3.05, 3.63) is 0 Å². The smallest absolute Gasteiger partial charge is 0.286 e. The van der Waals surface area contributed by atoms with Gasteiger partial charge >= 0.3 is 5.91 Å². The Morgan fingerprint density at radius 2 is 2.25 bits per heavy atom. The van der Waals surface area contributed by atoms with Crippen molar-refractivity contribution in [2.24, 2.45) is 0 Å². The number of rotatable bonds is 0. The van der Waals surface area contributed by atoms with Crippen LogP contribution in [0.4, 0.5) is 0 Å². The molecular formula is C3H3NO4. The van der Waals surface area contributed by atoms with Crippen LogP contribution in [-0.2, 0) is 19.5 Å². The Morgan fingerprint density at radius 1 is 1.50 bits per heavy atom. The summed E-state index contributed by atoms with van der Waals surface area (Å²) in [7, 11) is 0. The van der Waals surface area contributed by atoms with Crippen molar-refractivity contribution < 1.29 is 19.5 Å². The van der Waals surface area contributed by atoms with Gasteiger partial charge in [-0.15, -0.1) is 4.99 Å². The van der Waals surface area contributed by atoms with Crippen molar-refractivity contribution in [3.63, 3.8) is 0 Å². The molecule has 0 aliphatic carbocycles. The van der Waals surface area contributed by atoms with Crippen molar-refractivity contribution >= 4 is 11.7 Å². The van der Waals surface area contributed by atoms with Crippen LogP contribution < -0.4 is 5.48 Å². The fraction of sp³-hybridized carbons (Fsp3) is 0.333. The molecule has 1 saturated heterocycles. The quantitative estimate of drug-likeness (QED) is 0.311. The Labute approximate surface area is 44.4 Å². The molecule has 0 atom stereocenters. The van der Waals surface area contributed by atoms with E-state index < -0.39 is 11.7 Å². The summed E-state index contributed by atoms with van der Waals surface area (Å²) in [4.78, 5) is 28.3. The van der Waals surface area contributed by atoms with Gasteiger partial charge in [-0.2, -0.15) is 5.48 Å². The lowest BCUT2D eigenvalue weighted by Crippen LogP contribution is -2.39. The van der Waals surface area contributed by atoms with Crippen molar-refractivity contribution in [2.45, 2.75) is 0 Å². The number of carbonyl (C=O) groups is 2. The highest BCUT2D eigenvalue weighted by atomic mass is 17.3. The van der Waals surface area contributed by atoms with Crippen molar-refractivity contribution in [1.82, 2.24) is 5.48 Å². The zero-order chi connectivity index (χ0) is 5.98. The Bertz CT molecular complexity index is 115. The van der Waals surface area contributed by atoms with E-state index in [1.54, 1.807) is 5.48 Å². The zero-order valence-electron chi connectivity index (χ0n) is 3.84. The highest BCUT2D eigenvalue weighted by molar-refractivity contribution is 6.36. The normalized spacial score (nSPS) is 20.5. The SMILES string of the molecule is O=C1COONC1=O. The molecule has 0 radical (unpaired) electrons. The lowest BCUT2D eigenvalue weighted by atomic mass is 10.4. The van der Waals surface area contributed by atoms with Crippen molar-refractivity contribution in [3.8, 4) is 0 Å². The van der Waals surface area contributed by atoms with Crippen LogP contribution in [-0.4, -0.2) is 18.3 Å². The lowest BCUT2D eigenvalue weighted by Gasteiger charge is -2.07. The van der Waals surface area contributed by atoms with Gasteiger partial charge in [-0.1, -0.05) is 0 Å². The molecule has 1 heterocycles. The third-order valence-electron chi connectivity index (χ3n) is 0.637. The Hall–Kier alpha value is -0.940. The number of hydroxylamine groups is 1. The summed E-state index contributed by atoms with van der Waals surface area (Å²) in [6.45, 7) is -0.300. The average Bonchev–Trinajstić information content (AvgIpc) is 1.77. The first-order valence-electron chi connectivity index (χ1n) is 1.92. The van der Waals surface area contributed by atoms with E-state index in [0.717, 1.165) is 0 Å². The molecule has 44 valence electrons. The average molecular weight is 117 g/mol. The van der Waals surface area contributed by atoms with Gasteiger partial charge < -0.3 is 0 Å². The second-order valence-electron chi connectivity index (χ2n) is 1.20. The number of carbonyl (C=O) groups excluding carboxylic acids is 2. The monoisotopic (exact) mass is 117 g/mol. The molecule has 1 aliphatic heterocycles. The predicted molar refractivity (Wildman–Crippen MR) is 20.2 cm³/mol. The number of amides is 1. The Balaban J connectivity index is 2.52. The first kappa shape index (κ1) is 5.20. The van der Waals surface area contributed by atoms with Gasteiger partial charge in [0.1, 0.15) is 0 Å². The molecule has 0 saturated carbocycles. The molecule has 0 unspecified atom stereocenters. The third-order valence-corrected chi connectivity index (χ3v) is 0.637. The van der Waals surface area contributed by atoms with Crippen LogP contribution in [0, 0.1) is 0 Å². The van der Waals surface area contributed by atoms with Gasteiger partial charge in [0.15, 0.2) is 6.61 Å². The topological polar surface area (TPSA) is 64.6 Å². The van der Waals surface area contributed by atoms with E-state index in [2.05, 4.69) is 9.88 Å². The van der Waals surface area contributed by atoms with Gasteiger partial charge in [-0.3, -0.25) is 9.59 Å². The van der Waals surface area contributed by atoms with Gasteiger partial charge in [0.2, 0.25) is 0 Å². The highest BCUT2D eigenvalue weighted by Crippen LogP contribution is 1.84. The van der Waals surface area contributed by atoms with Crippen LogP contribution in [0.25, 0.3) is 0 Å². The highest BCUT2D eigenvalue weighted by Gasteiger charge is 2.18. The van der Waals surface area contributed by atoms with Crippen LogP contribution in [0.3, 0.4) is 0 Å². The van der Waals surface area contributed by atoms with E-state index in [-0.39, 0.29) is 6.61 Å². The van der Waals surface area contributed by atoms with Crippen LogP contribution >= 0.6 is 0 Å². The van der Waals surface area contributed by atoms with Gasteiger partial charge in [-0.25, -0.2) is 4.89 Å². The molecule has 5 heteroatoms. The molecule has 8 heavy (non-hydrogen) atoms. The molecule has 1 N–H and O–H groups in total. The first-order chi connectivity index (χ1) is 3.80. The molecule has 0 aromatic heterocycles. The van der Waals surface area contributed by atoms with E-state index >= 15 is 0 Å². The van der Waals surface area contributed by atoms with Gasteiger partial charge in [-0.05, 0) is 0 Å². The minimum Gasteiger partial charge on any atom is -0.286 e. The molecule has 1 aliphatic rings. The molecule has 5 nitrogen and oxygen atoms in total. The van der Waals surface area contributed by atoms with Crippen LogP contribution in [0.15, 0.2) is 0 Å². The zero-order valence-corrected chi connectivity index (χ0v) is 3.84. The maximum Gasteiger partial charge on any atom is 0.315 e. The van der Waals surface area contributed by atoms with Crippen LogP contribution in [0.5, 0.6) is 0 Å². The molecule has 0 aromatic rings. The molecule has 0 bridgehead atoms. The molecule has 0 aromatic carbocycles. The number of Topliss-reactive ketones (excluding diaryl/α,β-unsaturated/α-hetero) is 1. The van der Waals surface area contributed by atoms with E-state index in [9.17, 15) is 9.59 Å². The third kappa shape index (κ3) is 0.824. The second-order valence-corrected chi connectivity index (χ2v) is 1.20. The minimum atomic E-state index is -0.767. The van der Waals surface area contributed by atoms with E-state index in [1.807, 2.05) is 0 Å². The van der Waals surface area contributed by atoms with Gasteiger partial charge in [0, 0.05) is 0 Å². The summed E-state index contributed by atoms with van der Waals surface area (Å²) in [5.74, 6) is -1.40. The second kappa shape index (κ2) is 1.89. The van der Waals surface area contributed by atoms with E-state index in [0.29, 0.717) is 0 Å². The van der Waals surface area contributed by atoms with E-state index in [1.165, 1.54) is 0 Å². The maximum absolute atomic E-state index is 10.2. The summed E-state index contributed by atoms with van der Waals surface area (Å²) < 4.78 is 0. The number of hydrogen-bond donors (Lipinski definition) is 1. The minimum absolute atomic E-state index is 0.300. The predicted octanol–water partition coefficient (Wildman–Crippen LogP) is -1.45. The summed E-state index contributed by atoms with van der Waals surface area (Å²) in [5, 5.41) is 0. The molecule has 0 spiro atoms.